The quantitative estimate of drug-likeness (QED) is 0.873. The largest absolute Gasteiger partial charge is 0.375 e. The summed E-state index contributed by atoms with van der Waals surface area (Å²) in [5.74, 6) is -0.124. The molecule has 1 heterocycles. The molecule has 0 saturated carbocycles. The Morgan fingerprint density at radius 1 is 1.41 bits per heavy atom. The third-order valence-corrected chi connectivity index (χ3v) is 3.12. The molecule has 0 unspecified atom stereocenters. The first-order valence-corrected chi connectivity index (χ1v) is 6.14. The highest BCUT2D eigenvalue weighted by Crippen LogP contribution is 2.29. The molecule has 0 radical (unpaired) electrons. The summed E-state index contributed by atoms with van der Waals surface area (Å²) in [6.07, 6.45) is 0. The van der Waals surface area contributed by atoms with E-state index in [4.69, 9.17) is 5.73 Å². The molecule has 0 spiro atoms. The van der Waals surface area contributed by atoms with Crippen molar-refractivity contribution in [2.24, 2.45) is 0 Å². The lowest BCUT2D eigenvalue weighted by molar-refractivity contribution is 0.0960. The van der Waals surface area contributed by atoms with Gasteiger partial charge in [-0.15, -0.1) is 0 Å². The molecule has 1 aromatic carbocycles. The highest BCUT2D eigenvalue weighted by molar-refractivity contribution is 7.17. The van der Waals surface area contributed by atoms with Crippen LogP contribution in [0, 0.1) is 0 Å². The van der Waals surface area contributed by atoms with E-state index in [1.807, 2.05) is 37.3 Å². The molecule has 4 nitrogen and oxygen atoms in total. The van der Waals surface area contributed by atoms with Gasteiger partial charge in [-0.1, -0.05) is 41.7 Å². The minimum atomic E-state index is -0.124. The molecule has 0 saturated heterocycles. The van der Waals surface area contributed by atoms with Gasteiger partial charge < -0.3 is 11.1 Å². The maximum atomic E-state index is 11.9. The summed E-state index contributed by atoms with van der Waals surface area (Å²) in [4.78, 5) is 16.6. The summed E-state index contributed by atoms with van der Waals surface area (Å²) in [7, 11) is 0. The van der Waals surface area contributed by atoms with Gasteiger partial charge in [-0.25, -0.2) is 4.98 Å². The molecule has 1 amide bonds. The van der Waals surface area contributed by atoms with E-state index in [1.165, 1.54) is 11.3 Å². The monoisotopic (exact) mass is 247 g/mol. The SMILES string of the molecule is CCNC(=O)c1sc(N)nc1-c1ccccc1. The molecule has 2 aromatic rings. The first kappa shape index (κ1) is 11.6. The topological polar surface area (TPSA) is 68.0 Å². The molecule has 0 aliphatic carbocycles. The normalized spacial score (nSPS) is 10.2. The van der Waals surface area contributed by atoms with Crippen molar-refractivity contribution >= 4 is 22.4 Å². The van der Waals surface area contributed by atoms with Crippen molar-refractivity contribution in [2.75, 3.05) is 12.3 Å². The van der Waals surface area contributed by atoms with Crippen molar-refractivity contribution < 1.29 is 4.79 Å². The fourth-order valence-electron chi connectivity index (χ4n) is 1.52. The van der Waals surface area contributed by atoms with Crippen molar-refractivity contribution in [3.63, 3.8) is 0 Å². The number of amides is 1. The van der Waals surface area contributed by atoms with Crippen LogP contribution in [-0.4, -0.2) is 17.4 Å². The van der Waals surface area contributed by atoms with Gasteiger partial charge in [-0.2, -0.15) is 0 Å². The predicted octanol–water partition coefficient (Wildman–Crippen LogP) is 2.14. The van der Waals surface area contributed by atoms with E-state index in [1.54, 1.807) is 0 Å². The Morgan fingerprint density at radius 3 is 2.76 bits per heavy atom. The summed E-state index contributed by atoms with van der Waals surface area (Å²) in [5, 5.41) is 3.17. The Hall–Kier alpha value is -1.88. The Bertz CT molecular complexity index is 522. The lowest BCUT2D eigenvalue weighted by Gasteiger charge is -2.02. The zero-order chi connectivity index (χ0) is 12.3. The number of hydrogen-bond acceptors (Lipinski definition) is 4. The van der Waals surface area contributed by atoms with Crippen LogP contribution in [0.5, 0.6) is 0 Å². The number of nitrogens with zero attached hydrogens (tertiary/aromatic N) is 1. The Balaban J connectivity index is 2.44. The second-order valence-electron chi connectivity index (χ2n) is 3.46. The molecule has 0 atom stereocenters. The number of carbonyl (C=O) groups is 1. The summed E-state index contributed by atoms with van der Waals surface area (Å²) >= 11 is 1.21. The standard InChI is InChI=1S/C12H13N3OS/c1-2-14-11(16)10-9(15-12(13)17-10)8-6-4-3-5-7-8/h3-7H,2H2,1H3,(H2,13,15)(H,14,16). The number of benzene rings is 1. The molecule has 0 aliphatic heterocycles. The molecule has 1 aromatic heterocycles. The van der Waals surface area contributed by atoms with Crippen molar-refractivity contribution in [1.82, 2.24) is 10.3 Å². The van der Waals surface area contributed by atoms with Gasteiger partial charge in [0, 0.05) is 12.1 Å². The molecule has 5 heteroatoms. The molecule has 0 fully saturated rings. The highest BCUT2D eigenvalue weighted by atomic mass is 32.1. The molecule has 17 heavy (non-hydrogen) atoms. The summed E-state index contributed by atoms with van der Waals surface area (Å²) in [6.45, 7) is 2.47. The van der Waals surface area contributed by atoms with Crippen LogP contribution in [-0.2, 0) is 0 Å². The summed E-state index contributed by atoms with van der Waals surface area (Å²) in [5.41, 5.74) is 7.23. The Labute approximate surface area is 103 Å². The van der Waals surface area contributed by atoms with Crippen molar-refractivity contribution in [3.05, 3.63) is 35.2 Å². The molecule has 3 N–H and O–H groups in total. The number of thiazole rings is 1. The number of nitrogen functional groups attached to an aromatic ring is 1. The average Bonchev–Trinajstić information content (AvgIpc) is 2.73. The third kappa shape index (κ3) is 2.45. The van der Waals surface area contributed by atoms with E-state index in [0.717, 1.165) is 5.56 Å². The van der Waals surface area contributed by atoms with Gasteiger partial charge in [-0.05, 0) is 6.92 Å². The van der Waals surface area contributed by atoms with E-state index in [9.17, 15) is 4.79 Å². The lowest BCUT2D eigenvalue weighted by atomic mass is 10.1. The van der Waals surface area contributed by atoms with Crippen LogP contribution in [0.2, 0.25) is 0 Å². The van der Waals surface area contributed by atoms with E-state index >= 15 is 0 Å². The van der Waals surface area contributed by atoms with Crippen molar-refractivity contribution in [3.8, 4) is 11.3 Å². The number of anilines is 1. The summed E-state index contributed by atoms with van der Waals surface area (Å²) in [6, 6.07) is 9.57. The zero-order valence-electron chi connectivity index (χ0n) is 9.43. The molecule has 2 rings (SSSR count). The van der Waals surface area contributed by atoms with Gasteiger partial charge in [0.2, 0.25) is 0 Å². The van der Waals surface area contributed by atoms with Crippen LogP contribution >= 0.6 is 11.3 Å². The van der Waals surface area contributed by atoms with E-state index in [2.05, 4.69) is 10.3 Å². The van der Waals surface area contributed by atoms with Gasteiger partial charge in [0.05, 0.1) is 5.69 Å². The summed E-state index contributed by atoms with van der Waals surface area (Å²) < 4.78 is 0. The third-order valence-electron chi connectivity index (χ3n) is 2.23. The maximum Gasteiger partial charge on any atom is 0.263 e. The minimum Gasteiger partial charge on any atom is -0.375 e. The Kier molecular flexibility index (Phi) is 3.39. The molecular weight excluding hydrogens is 234 g/mol. The molecule has 0 aliphatic rings. The van der Waals surface area contributed by atoms with Gasteiger partial charge in [-0.3, -0.25) is 4.79 Å². The number of carbonyl (C=O) groups excluding carboxylic acids is 1. The van der Waals surface area contributed by atoms with Crippen molar-refractivity contribution in [2.45, 2.75) is 6.92 Å². The fraction of sp³-hybridized carbons (Fsp3) is 0.167. The van der Waals surface area contributed by atoms with Crippen LogP contribution in [0.3, 0.4) is 0 Å². The van der Waals surface area contributed by atoms with Crippen LogP contribution < -0.4 is 11.1 Å². The number of hydrogen-bond donors (Lipinski definition) is 2. The van der Waals surface area contributed by atoms with Crippen LogP contribution in [0.25, 0.3) is 11.3 Å². The minimum absolute atomic E-state index is 0.124. The number of rotatable bonds is 3. The van der Waals surface area contributed by atoms with E-state index in [0.29, 0.717) is 22.2 Å². The predicted molar refractivity (Wildman–Crippen MR) is 70.0 cm³/mol. The number of nitrogens with two attached hydrogens (primary N) is 1. The van der Waals surface area contributed by atoms with Gasteiger partial charge in [0.25, 0.3) is 5.91 Å². The van der Waals surface area contributed by atoms with Crippen molar-refractivity contribution in [1.29, 1.82) is 0 Å². The number of aromatic nitrogens is 1. The smallest absolute Gasteiger partial charge is 0.263 e. The van der Waals surface area contributed by atoms with E-state index < -0.39 is 0 Å². The molecule has 0 bridgehead atoms. The molecular formula is C12H13N3OS. The Morgan fingerprint density at radius 2 is 2.12 bits per heavy atom. The van der Waals surface area contributed by atoms with Crippen LogP contribution in [0.15, 0.2) is 30.3 Å². The van der Waals surface area contributed by atoms with Gasteiger partial charge in [0.15, 0.2) is 5.13 Å². The molecule has 88 valence electrons. The van der Waals surface area contributed by atoms with Gasteiger partial charge in [0.1, 0.15) is 4.88 Å². The number of nitrogens with one attached hydrogen (secondary N) is 1. The first-order chi connectivity index (χ1) is 8.22. The highest BCUT2D eigenvalue weighted by Gasteiger charge is 2.17. The average molecular weight is 247 g/mol. The maximum absolute atomic E-state index is 11.9. The van der Waals surface area contributed by atoms with Crippen LogP contribution in [0.1, 0.15) is 16.6 Å². The van der Waals surface area contributed by atoms with Gasteiger partial charge >= 0.3 is 0 Å². The first-order valence-electron chi connectivity index (χ1n) is 5.32. The second-order valence-corrected chi connectivity index (χ2v) is 4.49. The fourth-order valence-corrected chi connectivity index (χ4v) is 2.29. The van der Waals surface area contributed by atoms with E-state index in [-0.39, 0.29) is 5.91 Å². The van der Waals surface area contributed by atoms with Crippen LogP contribution in [0.4, 0.5) is 5.13 Å². The zero-order valence-corrected chi connectivity index (χ0v) is 10.3. The lowest BCUT2D eigenvalue weighted by Crippen LogP contribution is -2.22. The second kappa shape index (κ2) is 4.97.